The fourth-order valence-corrected chi connectivity index (χ4v) is 5.44. The first kappa shape index (κ1) is 36.5. The largest absolute Gasteiger partial charge is 0.481 e. The molecule has 0 saturated carbocycles. The van der Waals surface area contributed by atoms with E-state index in [4.69, 9.17) is 16.6 Å². The standard InChI is InChI=1S/C31H39N7O8S/c1-18(39)35-24(15-20-17-34-22-11-7-6-10-21(20)22)30(44)36-23(12-13-47-2)29(43)37-25(16-27(40)41)31(45)38(46-33)26(28(32)42)14-19-8-4-3-5-9-19/h3-11,17,23-26,34H,12-16,33H2,1-2H3,(H2,32,42)(H,35,39)(H,36,44)(H,37,43)(H,40,41)/t23-,24-,25-,26-/m0/s1. The van der Waals surface area contributed by atoms with E-state index < -0.39 is 66.1 Å². The summed E-state index contributed by atoms with van der Waals surface area (Å²) >= 11 is 1.39. The van der Waals surface area contributed by atoms with Gasteiger partial charge in [-0.25, -0.2) is 0 Å². The topological polar surface area (TPSA) is 239 Å². The summed E-state index contributed by atoms with van der Waals surface area (Å²) in [5.41, 5.74) is 7.75. The van der Waals surface area contributed by atoms with E-state index in [-0.39, 0.29) is 19.3 Å². The number of primary amides is 1. The van der Waals surface area contributed by atoms with Crippen LogP contribution in [-0.4, -0.2) is 86.8 Å². The number of carboxylic acid groups (broad SMARTS) is 1. The lowest BCUT2D eigenvalue weighted by Crippen LogP contribution is -2.60. The number of rotatable bonds is 18. The Morgan fingerprint density at radius 1 is 0.915 bits per heavy atom. The average Bonchev–Trinajstić information content (AvgIpc) is 3.44. The second-order valence-corrected chi connectivity index (χ2v) is 11.7. The summed E-state index contributed by atoms with van der Waals surface area (Å²) in [7, 11) is 0. The highest BCUT2D eigenvalue weighted by molar-refractivity contribution is 7.98. The molecule has 9 N–H and O–H groups in total. The molecule has 15 nitrogen and oxygen atoms in total. The normalized spacial score (nSPS) is 13.5. The molecular weight excluding hydrogens is 630 g/mol. The van der Waals surface area contributed by atoms with E-state index in [0.717, 1.165) is 16.5 Å². The summed E-state index contributed by atoms with van der Waals surface area (Å²) in [6.07, 6.45) is 2.71. The van der Waals surface area contributed by atoms with Gasteiger partial charge in [-0.05, 0) is 35.6 Å². The van der Waals surface area contributed by atoms with Crippen molar-refractivity contribution in [1.82, 2.24) is 26.0 Å². The van der Waals surface area contributed by atoms with Crippen LogP contribution in [0.4, 0.5) is 0 Å². The van der Waals surface area contributed by atoms with Gasteiger partial charge < -0.3 is 31.8 Å². The molecule has 1 aromatic heterocycles. The van der Waals surface area contributed by atoms with Crippen LogP contribution in [0.5, 0.6) is 0 Å². The van der Waals surface area contributed by atoms with Crippen LogP contribution in [0, 0.1) is 0 Å². The summed E-state index contributed by atoms with van der Waals surface area (Å²) in [6.45, 7) is 1.26. The van der Waals surface area contributed by atoms with Crippen LogP contribution in [0.25, 0.3) is 10.9 Å². The van der Waals surface area contributed by atoms with Gasteiger partial charge >= 0.3 is 5.97 Å². The van der Waals surface area contributed by atoms with E-state index in [0.29, 0.717) is 16.4 Å². The van der Waals surface area contributed by atoms with Crippen LogP contribution >= 0.6 is 11.8 Å². The van der Waals surface area contributed by atoms with Crippen molar-refractivity contribution in [2.45, 2.75) is 56.8 Å². The van der Waals surface area contributed by atoms with Crippen LogP contribution in [0.2, 0.25) is 0 Å². The summed E-state index contributed by atoms with van der Waals surface area (Å²) in [6, 6.07) is 10.4. The highest BCUT2D eigenvalue weighted by Gasteiger charge is 2.37. The fraction of sp³-hybridized carbons (Fsp3) is 0.355. The monoisotopic (exact) mass is 669 g/mol. The molecule has 0 unspecified atom stereocenters. The van der Waals surface area contributed by atoms with Gasteiger partial charge in [-0.3, -0.25) is 28.8 Å². The molecule has 252 valence electrons. The smallest absolute Gasteiger partial charge is 0.305 e. The number of hydrogen-bond acceptors (Lipinski definition) is 9. The molecule has 0 bridgehead atoms. The Morgan fingerprint density at radius 2 is 1.55 bits per heavy atom. The molecule has 2 aromatic carbocycles. The van der Waals surface area contributed by atoms with Crippen molar-refractivity contribution in [2.24, 2.45) is 11.6 Å². The Labute approximate surface area is 275 Å². The Balaban J connectivity index is 1.83. The molecule has 47 heavy (non-hydrogen) atoms. The van der Waals surface area contributed by atoms with Gasteiger partial charge in [0.25, 0.3) is 5.91 Å². The predicted molar refractivity (Wildman–Crippen MR) is 174 cm³/mol. The Morgan fingerprint density at radius 3 is 2.17 bits per heavy atom. The minimum absolute atomic E-state index is 0.0988. The number of carboxylic acids is 1. The molecule has 0 saturated heterocycles. The van der Waals surface area contributed by atoms with Crippen molar-refractivity contribution >= 4 is 58.2 Å². The van der Waals surface area contributed by atoms with Crippen molar-refractivity contribution in [2.75, 3.05) is 12.0 Å². The SMILES string of the molecule is CSCC[C@H](NC(=O)[C@H](Cc1c[nH]c2ccccc12)NC(C)=O)C(=O)N[C@@H](CC(=O)O)C(=O)N(ON)[C@@H](Cc1ccccc1)C(N)=O. The Bertz CT molecular complexity index is 1570. The lowest BCUT2D eigenvalue weighted by atomic mass is 10.0. The van der Waals surface area contributed by atoms with Gasteiger partial charge in [0.15, 0.2) is 0 Å². The number of thioether (sulfide) groups is 1. The number of benzene rings is 2. The van der Waals surface area contributed by atoms with E-state index in [1.165, 1.54) is 18.7 Å². The molecule has 16 heteroatoms. The van der Waals surface area contributed by atoms with E-state index in [1.807, 2.05) is 24.3 Å². The number of nitrogens with one attached hydrogen (secondary N) is 4. The third kappa shape index (κ3) is 10.6. The quantitative estimate of drug-likeness (QED) is 0.0904. The first-order valence-electron chi connectivity index (χ1n) is 14.6. The zero-order valence-corrected chi connectivity index (χ0v) is 26.8. The maximum absolute atomic E-state index is 13.6. The summed E-state index contributed by atoms with van der Waals surface area (Å²) in [4.78, 5) is 84.6. The third-order valence-electron chi connectivity index (χ3n) is 7.24. The second-order valence-electron chi connectivity index (χ2n) is 10.7. The van der Waals surface area contributed by atoms with Crippen LogP contribution in [-0.2, 0) is 46.5 Å². The molecule has 3 rings (SSSR count). The van der Waals surface area contributed by atoms with Crippen LogP contribution in [0.15, 0.2) is 60.8 Å². The number of H-pyrrole nitrogens is 1. The van der Waals surface area contributed by atoms with Gasteiger partial charge in [0.05, 0.1) is 6.42 Å². The molecule has 0 aliphatic rings. The number of nitrogens with two attached hydrogens (primary N) is 2. The number of hydrogen-bond donors (Lipinski definition) is 7. The molecule has 0 aliphatic heterocycles. The molecule has 0 spiro atoms. The van der Waals surface area contributed by atoms with Crippen molar-refractivity contribution in [3.63, 3.8) is 0 Å². The maximum atomic E-state index is 13.6. The van der Waals surface area contributed by atoms with Crippen molar-refractivity contribution in [3.8, 4) is 0 Å². The molecular formula is C31H39N7O8S. The molecule has 4 atom stereocenters. The van der Waals surface area contributed by atoms with Crippen LogP contribution in [0.1, 0.15) is 30.9 Å². The first-order chi connectivity index (χ1) is 22.4. The molecule has 5 amide bonds. The molecule has 3 aromatic rings. The lowest BCUT2D eigenvalue weighted by molar-refractivity contribution is -0.206. The molecule has 1 heterocycles. The number of carbonyl (C=O) groups is 6. The second kappa shape index (κ2) is 17.7. The number of fused-ring (bicyclic) bond motifs is 1. The van der Waals surface area contributed by atoms with Gasteiger partial charge in [-0.15, -0.1) is 0 Å². The van der Waals surface area contributed by atoms with E-state index in [1.54, 1.807) is 42.8 Å². The maximum Gasteiger partial charge on any atom is 0.305 e. The van der Waals surface area contributed by atoms with Crippen LogP contribution in [0.3, 0.4) is 0 Å². The number of aliphatic carboxylic acids is 1. The Hall–Kier alpha value is -4.93. The fourth-order valence-electron chi connectivity index (χ4n) is 4.97. The van der Waals surface area contributed by atoms with E-state index in [2.05, 4.69) is 20.9 Å². The minimum atomic E-state index is -1.76. The number of aromatic nitrogens is 1. The Kier molecular flexibility index (Phi) is 13.7. The van der Waals surface area contributed by atoms with Crippen molar-refractivity contribution in [3.05, 3.63) is 71.9 Å². The zero-order chi connectivity index (χ0) is 34.5. The molecule has 0 fully saturated rings. The highest BCUT2D eigenvalue weighted by Crippen LogP contribution is 2.19. The van der Waals surface area contributed by atoms with Gasteiger partial charge in [-0.2, -0.15) is 27.7 Å². The number of amides is 5. The zero-order valence-electron chi connectivity index (χ0n) is 25.9. The number of nitrogens with zero attached hydrogens (tertiary/aromatic N) is 1. The van der Waals surface area contributed by atoms with Gasteiger partial charge in [0.1, 0.15) is 24.2 Å². The van der Waals surface area contributed by atoms with E-state index >= 15 is 0 Å². The number of hydroxylamine groups is 2. The first-order valence-corrected chi connectivity index (χ1v) is 16.0. The van der Waals surface area contributed by atoms with Gasteiger partial charge in [0, 0.05) is 36.9 Å². The predicted octanol–water partition coefficient (Wildman–Crippen LogP) is 0.143. The molecule has 0 aliphatic carbocycles. The number of carbonyl (C=O) groups excluding carboxylic acids is 5. The summed E-state index contributed by atoms with van der Waals surface area (Å²) in [5, 5.41) is 18.5. The lowest BCUT2D eigenvalue weighted by Gasteiger charge is -2.30. The minimum Gasteiger partial charge on any atom is -0.481 e. The number of aromatic amines is 1. The van der Waals surface area contributed by atoms with Crippen molar-refractivity contribution in [1.29, 1.82) is 0 Å². The average molecular weight is 670 g/mol. The van der Waals surface area contributed by atoms with E-state index in [9.17, 15) is 33.9 Å². The summed E-state index contributed by atoms with van der Waals surface area (Å²) < 4.78 is 0. The molecule has 0 radical (unpaired) electrons. The van der Waals surface area contributed by atoms with Crippen LogP contribution < -0.4 is 27.6 Å². The number of para-hydroxylation sites is 1. The summed E-state index contributed by atoms with van der Waals surface area (Å²) in [5.74, 6) is 0.164. The third-order valence-corrected chi connectivity index (χ3v) is 7.89. The van der Waals surface area contributed by atoms with Crippen molar-refractivity contribution < 1.29 is 38.8 Å². The van der Waals surface area contributed by atoms with Gasteiger partial charge in [-0.1, -0.05) is 48.5 Å². The highest BCUT2D eigenvalue weighted by atomic mass is 32.2. The van der Waals surface area contributed by atoms with Gasteiger partial charge in [0.2, 0.25) is 23.6 Å².